The number of piperidine rings is 1. The summed E-state index contributed by atoms with van der Waals surface area (Å²) >= 11 is 0. The fourth-order valence-electron chi connectivity index (χ4n) is 4.90. The van der Waals surface area contributed by atoms with Crippen molar-refractivity contribution in [2.45, 2.75) is 63.8 Å². The molecular weight excluding hydrogens is 260 g/mol. The van der Waals surface area contributed by atoms with Crippen LogP contribution in [0.2, 0.25) is 0 Å². The van der Waals surface area contributed by atoms with E-state index in [1.165, 1.54) is 84.0 Å². The van der Waals surface area contributed by atoms with Crippen molar-refractivity contribution in [3.63, 3.8) is 0 Å². The van der Waals surface area contributed by atoms with Crippen molar-refractivity contribution in [2.75, 3.05) is 39.4 Å². The molecule has 0 bridgehead atoms. The van der Waals surface area contributed by atoms with Gasteiger partial charge in [-0.2, -0.15) is 0 Å². The lowest BCUT2D eigenvalue weighted by atomic mass is 9.76. The fraction of sp³-hybridized carbons (Fsp3) is 1.00. The maximum absolute atomic E-state index is 5.78. The van der Waals surface area contributed by atoms with Crippen LogP contribution in [-0.4, -0.2) is 50.3 Å². The lowest BCUT2D eigenvalue weighted by Gasteiger charge is -2.43. The van der Waals surface area contributed by atoms with Gasteiger partial charge < -0.3 is 15.0 Å². The first-order valence-corrected chi connectivity index (χ1v) is 9.31. The summed E-state index contributed by atoms with van der Waals surface area (Å²) in [4.78, 5) is 2.76. The number of likely N-dealkylation sites (tertiary alicyclic amines) is 1. The van der Waals surface area contributed by atoms with Crippen LogP contribution in [0.5, 0.6) is 0 Å². The van der Waals surface area contributed by atoms with Gasteiger partial charge in [-0.25, -0.2) is 0 Å². The summed E-state index contributed by atoms with van der Waals surface area (Å²) in [6, 6.07) is 0.825. The molecule has 2 heterocycles. The molecule has 21 heavy (non-hydrogen) atoms. The van der Waals surface area contributed by atoms with E-state index in [9.17, 15) is 0 Å². The van der Waals surface area contributed by atoms with Crippen molar-refractivity contribution in [1.29, 1.82) is 0 Å². The molecule has 1 N–H and O–H groups in total. The first-order valence-electron chi connectivity index (χ1n) is 9.31. The molecule has 1 spiro atoms. The smallest absolute Gasteiger partial charge is 0.0547 e. The Balaban J connectivity index is 1.31. The van der Waals surface area contributed by atoms with E-state index in [-0.39, 0.29) is 0 Å². The highest BCUT2D eigenvalue weighted by molar-refractivity contribution is 4.95. The topological polar surface area (TPSA) is 24.5 Å². The summed E-state index contributed by atoms with van der Waals surface area (Å²) in [5, 5.41) is 3.77. The summed E-state index contributed by atoms with van der Waals surface area (Å²) in [6.07, 6.45) is 13.0. The van der Waals surface area contributed by atoms with Gasteiger partial charge in [-0.05, 0) is 63.5 Å². The summed E-state index contributed by atoms with van der Waals surface area (Å²) in [6.45, 7) is 7.08. The standard InChI is InChI=1S/C18H32N2O/c1-2-6-17(5-1)7-10-20(11-8-17)14-18(9-12-21-15-18)13-19-16-3-4-16/h16,19H,1-15H2. The van der Waals surface area contributed by atoms with Gasteiger partial charge in [-0.15, -0.1) is 0 Å². The lowest BCUT2D eigenvalue weighted by Crippen LogP contribution is -2.48. The van der Waals surface area contributed by atoms with Gasteiger partial charge in [0.2, 0.25) is 0 Å². The quantitative estimate of drug-likeness (QED) is 0.843. The molecule has 0 aromatic rings. The zero-order chi connectivity index (χ0) is 14.2. The molecule has 1 atom stereocenters. The molecule has 0 aromatic heterocycles. The van der Waals surface area contributed by atoms with Crippen LogP contribution in [0.25, 0.3) is 0 Å². The molecule has 2 saturated carbocycles. The number of ether oxygens (including phenoxy) is 1. The number of hydrogen-bond acceptors (Lipinski definition) is 3. The van der Waals surface area contributed by atoms with Crippen LogP contribution in [-0.2, 0) is 4.74 Å². The molecule has 4 rings (SSSR count). The van der Waals surface area contributed by atoms with Crippen molar-refractivity contribution >= 4 is 0 Å². The Morgan fingerprint density at radius 1 is 1.00 bits per heavy atom. The molecule has 120 valence electrons. The highest BCUT2D eigenvalue weighted by Gasteiger charge is 2.41. The fourth-order valence-corrected chi connectivity index (χ4v) is 4.90. The van der Waals surface area contributed by atoms with E-state index in [0.29, 0.717) is 5.41 Å². The molecule has 3 heteroatoms. The van der Waals surface area contributed by atoms with E-state index in [1.54, 1.807) is 0 Å². The Morgan fingerprint density at radius 2 is 1.76 bits per heavy atom. The molecule has 0 radical (unpaired) electrons. The zero-order valence-electron chi connectivity index (χ0n) is 13.5. The van der Waals surface area contributed by atoms with Gasteiger partial charge in [0, 0.05) is 31.2 Å². The Labute approximate surface area is 129 Å². The van der Waals surface area contributed by atoms with Crippen molar-refractivity contribution in [1.82, 2.24) is 10.2 Å². The summed E-state index contributed by atoms with van der Waals surface area (Å²) < 4.78 is 5.78. The van der Waals surface area contributed by atoms with E-state index in [1.807, 2.05) is 0 Å². The summed E-state index contributed by atoms with van der Waals surface area (Å²) in [5.74, 6) is 0. The average Bonchev–Trinajstić information content (AvgIpc) is 3.05. The van der Waals surface area contributed by atoms with Crippen LogP contribution < -0.4 is 5.32 Å². The lowest BCUT2D eigenvalue weighted by molar-refractivity contribution is 0.0583. The predicted octanol–water partition coefficient (Wildman–Crippen LogP) is 2.80. The zero-order valence-corrected chi connectivity index (χ0v) is 13.5. The van der Waals surface area contributed by atoms with Crippen LogP contribution >= 0.6 is 0 Å². The SMILES string of the molecule is C1CCC2(C1)CCN(CC1(CNC3CC3)CCOC1)CC2. The Hall–Kier alpha value is -0.120. The second-order valence-corrected chi connectivity index (χ2v) is 8.44. The maximum atomic E-state index is 5.78. The van der Waals surface area contributed by atoms with Crippen molar-refractivity contribution in [2.24, 2.45) is 10.8 Å². The third kappa shape index (κ3) is 3.30. The third-order valence-electron chi connectivity index (χ3n) is 6.67. The highest BCUT2D eigenvalue weighted by atomic mass is 16.5. The second-order valence-electron chi connectivity index (χ2n) is 8.44. The van der Waals surface area contributed by atoms with Gasteiger partial charge in [-0.1, -0.05) is 12.8 Å². The largest absolute Gasteiger partial charge is 0.381 e. The van der Waals surface area contributed by atoms with Crippen molar-refractivity contribution < 1.29 is 4.74 Å². The van der Waals surface area contributed by atoms with Gasteiger partial charge in [0.05, 0.1) is 6.61 Å². The first kappa shape index (κ1) is 14.5. The average molecular weight is 292 g/mol. The highest BCUT2D eigenvalue weighted by Crippen LogP contribution is 2.46. The van der Waals surface area contributed by atoms with E-state index in [2.05, 4.69) is 10.2 Å². The van der Waals surface area contributed by atoms with Crippen LogP contribution in [0.15, 0.2) is 0 Å². The van der Waals surface area contributed by atoms with E-state index < -0.39 is 0 Å². The van der Waals surface area contributed by atoms with Gasteiger partial charge >= 0.3 is 0 Å². The molecule has 0 aromatic carbocycles. The maximum Gasteiger partial charge on any atom is 0.0547 e. The minimum atomic E-state index is 0.406. The molecule has 2 aliphatic carbocycles. The van der Waals surface area contributed by atoms with Crippen molar-refractivity contribution in [3.05, 3.63) is 0 Å². The molecule has 4 fully saturated rings. The number of rotatable bonds is 5. The van der Waals surface area contributed by atoms with Crippen LogP contribution in [0.1, 0.15) is 57.8 Å². The normalized spacial score (nSPS) is 36.6. The first-order chi connectivity index (χ1) is 10.3. The monoisotopic (exact) mass is 292 g/mol. The van der Waals surface area contributed by atoms with Crippen LogP contribution in [0, 0.1) is 10.8 Å². The van der Waals surface area contributed by atoms with Gasteiger partial charge in [0.25, 0.3) is 0 Å². The Morgan fingerprint density at radius 3 is 2.38 bits per heavy atom. The predicted molar refractivity (Wildman–Crippen MR) is 85.5 cm³/mol. The van der Waals surface area contributed by atoms with Gasteiger partial charge in [0.1, 0.15) is 0 Å². The number of nitrogens with one attached hydrogen (secondary N) is 1. The molecule has 2 aliphatic heterocycles. The van der Waals surface area contributed by atoms with E-state index in [0.717, 1.165) is 24.7 Å². The number of hydrogen-bond donors (Lipinski definition) is 1. The summed E-state index contributed by atoms with van der Waals surface area (Å²) in [7, 11) is 0. The number of nitrogens with zero attached hydrogens (tertiary/aromatic N) is 1. The van der Waals surface area contributed by atoms with Crippen molar-refractivity contribution in [3.8, 4) is 0 Å². The van der Waals surface area contributed by atoms with Crippen LogP contribution in [0.4, 0.5) is 0 Å². The third-order valence-corrected chi connectivity index (χ3v) is 6.67. The van der Waals surface area contributed by atoms with Crippen LogP contribution in [0.3, 0.4) is 0 Å². The molecule has 2 saturated heterocycles. The van der Waals surface area contributed by atoms with Gasteiger partial charge in [-0.3, -0.25) is 0 Å². The molecule has 0 amide bonds. The summed E-state index contributed by atoms with van der Waals surface area (Å²) in [5.41, 5.74) is 1.16. The van der Waals surface area contributed by atoms with E-state index >= 15 is 0 Å². The molecule has 4 aliphatic rings. The Bertz CT molecular complexity index is 344. The Kier molecular flexibility index (Phi) is 4.01. The minimum Gasteiger partial charge on any atom is -0.381 e. The molecular formula is C18H32N2O. The van der Waals surface area contributed by atoms with Gasteiger partial charge in [0.15, 0.2) is 0 Å². The second kappa shape index (κ2) is 5.82. The molecule has 1 unspecified atom stereocenters. The van der Waals surface area contributed by atoms with E-state index in [4.69, 9.17) is 4.74 Å². The molecule has 3 nitrogen and oxygen atoms in total. The minimum absolute atomic E-state index is 0.406.